The summed E-state index contributed by atoms with van der Waals surface area (Å²) < 4.78 is 0. The number of hydrogen-bond acceptors (Lipinski definition) is 1. The van der Waals surface area contributed by atoms with E-state index in [0.29, 0.717) is 0 Å². The first-order valence-corrected chi connectivity index (χ1v) is 19.7. The molecule has 1 unspecified atom stereocenters. The Bertz CT molecular complexity index is 681. The molecule has 0 saturated heterocycles. The molecule has 0 fully saturated rings. The average Bonchev–Trinajstić information content (AvgIpc) is 3.04. The molecule has 0 aromatic heterocycles. The lowest BCUT2D eigenvalue weighted by Gasteiger charge is -2.21. The molecule has 0 rings (SSSR count). The summed E-state index contributed by atoms with van der Waals surface area (Å²) >= 11 is 0. The summed E-state index contributed by atoms with van der Waals surface area (Å²) in [6.07, 6.45) is 46.8. The van der Waals surface area contributed by atoms with Crippen molar-refractivity contribution in [2.24, 2.45) is 5.92 Å². The first kappa shape index (κ1) is 42.7. The fourth-order valence-corrected chi connectivity index (χ4v) is 6.31. The SMILES string of the molecule is C=C=C(/C=C/CCCCCCCCCC)CCCCCN(CCC=C)CCCCCCCC(C=C)CCCCCCCCC. The molecule has 1 heteroatoms. The van der Waals surface area contributed by atoms with E-state index >= 15 is 0 Å². The van der Waals surface area contributed by atoms with Crippen molar-refractivity contribution < 1.29 is 0 Å². The van der Waals surface area contributed by atoms with E-state index in [9.17, 15) is 0 Å². The molecule has 0 heterocycles. The quantitative estimate of drug-likeness (QED) is 0.0295. The van der Waals surface area contributed by atoms with E-state index in [1.165, 1.54) is 192 Å². The third kappa shape index (κ3) is 30.7. The van der Waals surface area contributed by atoms with Crippen molar-refractivity contribution in [3.8, 4) is 0 Å². The van der Waals surface area contributed by atoms with Crippen molar-refractivity contribution in [1.29, 1.82) is 0 Å². The van der Waals surface area contributed by atoms with Crippen LogP contribution in [0.3, 0.4) is 0 Å². The van der Waals surface area contributed by atoms with Gasteiger partial charge in [0.15, 0.2) is 0 Å². The van der Waals surface area contributed by atoms with Gasteiger partial charge in [0.2, 0.25) is 0 Å². The number of nitrogens with zero attached hydrogens (tertiary/aromatic N) is 1. The van der Waals surface area contributed by atoms with E-state index in [4.69, 9.17) is 0 Å². The van der Waals surface area contributed by atoms with Crippen LogP contribution in [-0.4, -0.2) is 24.5 Å². The van der Waals surface area contributed by atoms with Gasteiger partial charge in [0, 0.05) is 6.54 Å². The summed E-state index contributed by atoms with van der Waals surface area (Å²) in [6.45, 7) is 20.3. The van der Waals surface area contributed by atoms with E-state index in [2.05, 4.69) is 68.5 Å². The predicted molar refractivity (Wildman–Crippen MR) is 203 cm³/mol. The first-order chi connectivity index (χ1) is 21.7. The molecule has 0 N–H and O–H groups in total. The lowest BCUT2D eigenvalue weighted by atomic mass is 9.94. The zero-order valence-corrected chi connectivity index (χ0v) is 30.4. The number of allylic oxidation sites excluding steroid dienone is 4. The second-order valence-corrected chi connectivity index (χ2v) is 13.6. The topological polar surface area (TPSA) is 3.24 Å². The van der Waals surface area contributed by atoms with Crippen LogP contribution in [0.1, 0.15) is 194 Å². The van der Waals surface area contributed by atoms with Crippen LogP contribution >= 0.6 is 0 Å². The van der Waals surface area contributed by atoms with Crippen molar-refractivity contribution in [3.63, 3.8) is 0 Å². The lowest BCUT2D eigenvalue weighted by Crippen LogP contribution is -2.27. The van der Waals surface area contributed by atoms with Gasteiger partial charge in [-0.1, -0.05) is 167 Å². The summed E-state index contributed by atoms with van der Waals surface area (Å²) in [5.41, 5.74) is 4.49. The Hall–Kier alpha value is -1.30. The van der Waals surface area contributed by atoms with Crippen molar-refractivity contribution in [2.75, 3.05) is 19.6 Å². The molecule has 0 aliphatic rings. The molecular formula is C43H79N. The Morgan fingerprint density at radius 1 is 0.568 bits per heavy atom. The molecule has 0 saturated carbocycles. The Morgan fingerprint density at radius 3 is 1.55 bits per heavy atom. The number of rotatable bonds is 36. The molecule has 1 nitrogen and oxygen atoms in total. The Balaban J connectivity index is 3.91. The van der Waals surface area contributed by atoms with E-state index < -0.39 is 0 Å². The smallest absolute Gasteiger partial charge is 0.00158 e. The van der Waals surface area contributed by atoms with Gasteiger partial charge in [0.05, 0.1) is 0 Å². The molecule has 0 radical (unpaired) electrons. The van der Waals surface area contributed by atoms with Gasteiger partial charge in [-0.25, -0.2) is 0 Å². The molecule has 0 bridgehead atoms. The van der Waals surface area contributed by atoms with E-state index in [1.54, 1.807) is 0 Å². The standard InChI is InChI=1S/C43H79N/c1-6-11-14-16-18-19-20-22-25-30-36-43(10-5)38-32-28-34-41-44(39-13-8-3)40-33-27-23-26-31-37-42(9-4)35-29-24-21-17-15-12-7-2/h8-9,30,36,42H,3-7,11-29,31-35,37-41H2,1-2H3/b36-30+. The summed E-state index contributed by atoms with van der Waals surface area (Å²) in [6, 6.07) is 0. The third-order valence-electron chi connectivity index (χ3n) is 9.40. The fraction of sp³-hybridized carbons (Fsp3) is 0.791. The van der Waals surface area contributed by atoms with Gasteiger partial charge < -0.3 is 4.90 Å². The highest BCUT2D eigenvalue weighted by Crippen LogP contribution is 2.20. The molecule has 256 valence electrons. The van der Waals surface area contributed by atoms with Crippen LogP contribution in [0.25, 0.3) is 0 Å². The summed E-state index contributed by atoms with van der Waals surface area (Å²) in [5.74, 6) is 0.744. The van der Waals surface area contributed by atoms with Crippen LogP contribution in [0.15, 0.2) is 55.3 Å². The van der Waals surface area contributed by atoms with Crippen molar-refractivity contribution >= 4 is 0 Å². The summed E-state index contributed by atoms with van der Waals surface area (Å²) in [4.78, 5) is 2.69. The maximum absolute atomic E-state index is 4.13. The van der Waals surface area contributed by atoms with Crippen LogP contribution < -0.4 is 0 Å². The maximum atomic E-state index is 4.13. The molecular weight excluding hydrogens is 530 g/mol. The molecule has 0 aromatic rings. The monoisotopic (exact) mass is 610 g/mol. The van der Waals surface area contributed by atoms with Gasteiger partial charge in [0.25, 0.3) is 0 Å². The average molecular weight is 610 g/mol. The highest BCUT2D eigenvalue weighted by Gasteiger charge is 2.06. The second kappa shape index (κ2) is 36.2. The van der Waals surface area contributed by atoms with Gasteiger partial charge in [-0.3, -0.25) is 0 Å². The minimum Gasteiger partial charge on any atom is -0.303 e. The molecule has 44 heavy (non-hydrogen) atoms. The van der Waals surface area contributed by atoms with Crippen molar-refractivity contribution in [2.45, 2.75) is 194 Å². The number of unbranched alkanes of at least 4 members (excludes halogenated alkanes) is 20. The fourth-order valence-electron chi connectivity index (χ4n) is 6.31. The van der Waals surface area contributed by atoms with Crippen LogP contribution in [-0.2, 0) is 0 Å². The normalized spacial score (nSPS) is 12.2. The number of hydrogen-bond donors (Lipinski definition) is 0. The van der Waals surface area contributed by atoms with Crippen LogP contribution in [0.5, 0.6) is 0 Å². The Kier molecular flexibility index (Phi) is 35.1. The van der Waals surface area contributed by atoms with Crippen molar-refractivity contribution in [1.82, 2.24) is 4.90 Å². The molecule has 0 aliphatic heterocycles. The predicted octanol–water partition coefficient (Wildman–Crippen LogP) is 14.5. The van der Waals surface area contributed by atoms with Crippen LogP contribution in [0.2, 0.25) is 0 Å². The molecule has 0 spiro atoms. The van der Waals surface area contributed by atoms with Gasteiger partial charge in [-0.05, 0) is 82.4 Å². The third-order valence-corrected chi connectivity index (χ3v) is 9.40. The zero-order valence-electron chi connectivity index (χ0n) is 30.4. The van der Waals surface area contributed by atoms with Gasteiger partial charge in [0.1, 0.15) is 0 Å². The second-order valence-electron chi connectivity index (χ2n) is 13.6. The summed E-state index contributed by atoms with van der Waals surface area (Å²) in [5, 5.41) is 0. The highest BCUT2D eigenvalue weighted by molar-refractivity contribution is 5.16. The van der Waals surface area contributed by atoms with Gasteiger partial charge in [-0.15, -0.1) is 18.9 Å². The van der Waals surface area contributed by atoms with E-state index in [-0.39, 0.29) is 0 Å². The highest BCUT2D eigenvalue weighted by atomic mass is 15.1. The Morgan fingerprint density at radius 2 is 1.05 bits per heavy atom. The molecule has 1 atom stereocenters. The maximum Gasteiger partial charge on any atom is 0.00158 e. The van der Waals surface area contributed by atoms with Crippen LogP contribution in [0, 0.1) is 5.92 Å². The van der Waals surface area contributed by atoms with E-state index in [1.807, 2.05) is 0 Å². The first-order valence-electron chi connectivity index (χ1n) is 19.7. The molecule has 0 aliphatic carbocycles. The van der Waals surface area contributed by atoms with Gasteiger partial charge in [-0.2, -0.15) is 0 Å². The minimum absolute atomic E-state index is 0.744. The molecule has 0 amide bonds. The Labute approximate surface area is 278 Å². The minimum atomic E-state index is 0.744. The zero-order chi connectivity index (χ0) is 32.2. The summed E-state index contributed by atoms with van der Waals surface area (Å²) in [7, 11) is 0. The molecule has 0 aromatic carbocycles. The van der Waals surface area contributed by atoms with Gasteiger partial charge >= 0.3 is 0 Å². The van der Waals surface area contributed by atoms with E-state index in [0.717, 1.165) is 18.8 Å². The lowest BCUT2D eigenvalue weighted by molar-refractivity contribution is 0.265. The van der Waals surface area contributed by atoms with Crippen LogP contribution in [0.4, 0.5) is 0 Å². The largest absolute Gasteiger partial charge is 0.303 e. The van der Waals surface area contributed by atoms with Crippen molar-refractivity contribution in [3.05, 3.63) is 55.3 Å².